The number of hydrogen-bond acceptors (Lipinski definition) is 3. The van der Waals surface area contributed by atoms with Gasteiger partial charge in [-0.15, -0.1) is 0 Å². The molecule has 0 aliphatic heterocycles. The zero-order valence-corrected chi connectivity index (χ0v) is 10.3. The van der Waals surface area contributed by atoms with Crippen molar-refractivity contribution in [3.8, 4) is 0 Å². The molecule has 0 spiro atoms. The predicted molar refractivity (Wildman–Crippen MR) is 66.7 cm³/mol. The van der Waals surface area contributed by atoms with Gasteiger partial charge in [0.25, 0.3) is 0 Å². The maximum atomic E-state index is 9.06. The van der Waals surface area contributed by atoms with Crippen LogP contribution in [-0.2, 0) is 6.61 Å². The second kappa shape index (κ2) is 5.87. The summed E-state index contributed by atoms with van der Waals surface area (Å²) in [4.78, 5) is 2.16. The predicted octanol–water partition coefficient (Wildman–Crippen LogP) is 1.69. The van der Waals surface area contributed by atoms with Crippen LogP contribution in [0.5, 0.6) is 0 Å². The van der Waals surface area contributed by atoms with Gasteiger partial charge >= 0.3 is 0 Å². The maximum Gasteiger partial charge on any atom is 0.0681 e. The van der Waals surface area contributed by atoms with Crippen LogP contribution in [0.15, 0.2) is 18.2 Å². The molecule has 1 aromatic carbocycles. The zero-order chi connectivity index (χ0) is 12.1. The standard InChI is InChI=1S/C13H21NO2/c1-10(2)14(6-7-15)13-5-4-12(9-16)8-11(13)3/h4-5,8,10,15-16H,6-7,9H2,1-3H3. The first-order valence-electron chi connectivity index (χ1n) is 5.68. The second-order valence-electron chi connectivity index (χ2n) is 4.29. The summed E-state index contributed by atoms with van der Waals surface area (Å²) in [5.74, 6) is 0. The fraction of sp³-hybridized carbons (Fsp3) is 0.538. The van der Waals surface area contributed by atoms with E-state index in [1.54, 1.807) is 0 Å². The first-order chi connectivity index (χ1) is 7.60. The summed E-state index contributed by atoms with van der Waals surface area (Å²) in [5, 5.41) is 18.1. The molecule has 0 unspecified atom stereocenters. The third kappa shape index (κ3) is 2.97. The summed E-state index contributed by atoms with van der Waals surface area (Å²) in [6.07, 6.45) is 0. The van der Waals surface area contributed by atoms with Crippen molar-refractivity contribution in [3.05, 3.63) is 29.3 Å². The van der Waals surface area contributed by atoms with Crippen molar-refractivity contribution in [1.82, 2.24) is 0 Å². The molecule has 90 valence electrons. The Bertz CT molecular complexity index is 337. The Morgan fingerprint density at radius 2 is 1.94 bits per heavy atom. The van der Waals surface area contributed by atoms with Crippen molar-refractivity contribution in [1.29, 1.82) is 0 Å². The molecule has 0 amide bonds. The number of hydrogen-bond donors (Lipinski definition) is 2. The molecule has 3 heteroatoms. The van der Waals surface area contributed by atoms with Crippen LogP contribution >= 0.6 is 0 Å². The van der Waals surface area contributed by atoms with Crippen LogP contribution in [0.1, 0.15) is 25.0 Å². The van der Waals surface area contributed by atoms with Crippen LogP contribution in [0, 0.1) is 6.92 Å². The summed E-state index contributed by atoms with van der Waals surface area (Å²) in [6, 6.07) is 6.28. The van der Waals surface area contributed by atoms with E-state index in [0.29, 0.717) is 12.6 Å². The SMILES string of the molecule is Cc1cc(CO)ccc1N(CCO)C(C)C. The number of aryl methyl sites for hydroxylation is 1. The molecule has 3 nitrogen and oxygen atoms in total. The first-order valence-corrected chi connectivity index (χ1v) is 5.68. The maximum absolute atomic E-state index is 9.06. The highest BCUT2D eigenvalue weighted by Crippen LogP contribution is 2.23. The molecule has 16 heavy (non-hydrogen) atoms. The molecule has 0 atom stereocenters. The average Bonchev–Trinajstić information content (AvgIpc) is 2.26. The minimum atomic E-state index is 0.0722. The number of nitrogens with zero attached hydrogens (tertiary/aromatic N) is 1. The van der Waals surface area contributed by atoms with E-state index in [1.807, 2.05) is 25.1 Å². The molecule has 0 aliphatic rings. The number of anilines is 1. The van der Waals surface area contributed by atoms with Gasteiger partial charge in [-0.05, 0) is 38.0 Å². The molecular weight excluding hydrogens is 202 g/mol. The Balaban J connectivity index is 3.00. The summed E-state index contributed by atoms with van der Waals surface area (Å²) >= 11 is 0. The Hall–Kier alpha value is -1.06. The minimum Gasteiger partial charge on any atom is -0.395 e. The van der Waals surface area contributed by atoms with Gasteiger partial charge in [-0.25, -0.2) is 0 Å². The molecule has 0 bridgehead atoms. The molecule has 0 heterocycles. The summed E-state index contributed by atoms with van der Waals surface area (Å²) < 4.78 is 0. The van der Waals surface area contributed by atoms with Crippen LogP contribution in [0.4, 0.5) is 5.69 Å². The van der Waals surface area contributed by atoms with E-state index in [1.165, 1.54) is 0 Å². The van der Waals surface area contributed by atoms with E-state index in [4.69, 9.17) is 10.2 Å². The van der Waals surface area contributed by atoms with Crippen molar-refractivity contribution < 1.29 is 10.2 Å². The molecule has 1 rings (SSSR count). The van der Waals surface area contributed by atoms with E-state index >= 15 is 0 Å². The van der Waals surface area contributed by atoms with Crippen LogP contribution < -0.4 is 4.90 Å². The molecule has 0 saturated carbocycles. The fourth-order valence-corrected chi connectivity index (χ4v) is 1.90. The Morgan fingerprint density at radius 1 is 1.25 bits per heavy atom. The number of aliphatic hydroxyl groups excluding tert-OH is 2. The van der Waals surface area contributed by atoms with Crippen LogP contribution in [0.3, 0.4) is 0 Å². The number of benzene rings is 1. The zero-order valence-electron chi connectivity index (χ0n) is 10.3. The average molecular weight is 223 g/mol. The van der Waals surface area contributed by atoms with Gasteiger partial charge in [-0.1, -0.05) is 12.1 Å². The molecule has 0 radical (unpaired) electrons. The number of aliphatic hydroxyl groups is 2. The third-order valence-electron chi connectivity index (χ3n) is 2.72. The van der Waals surface area contributed by atoms with Crippen molar-refractivity contribution in [2.24, 2.45) is 0 Å². The lowest BCUT2D eigenvalue weighted by Gasteiger charge is -2.30. The van der Waals surface area contributed by atoms with E-state index < -0.39 is 0 Å². The summed E-state index contributed by atoms with van der Waals surface area (Å²) in [5.41, 5.74) is 3.18. The molecule has 1 aromatic rings. The van der Waals surface area contributed by atoms with Crippen molar-refractivity contribution >= 4 is 5.69 Å². The molecule has 0 aliphatic carbocycles. The topological polar surface area (TPSA) is 43.7 Å². The lowest BCUT2D eigenvalue weighted by molar-refractivity contribution is 0.281. The van der Waals surface area contributed by atoms with Crippen LogP contribution in [-0.4, -0.2) is 29.4 Å². The van der Waals surface area contributed by atoms with E-state index in [9.17, 15) is 0 Å². The van der Waals surface area contributed by atoms with Crippen LogP contribution in [0.2, 0.25) is 0 Å². The van der Waals surface area contributed by atoms with Crippen molar-refractivity contribution in [2.75, 3.05) is 18.1 Å². The molecule has 0 aromatic heterocycles. The third-order valence-corrected chi connectivity index (χ3v) is 2.72. The molecule has 2 N–H and O–H groups in total. The Kier molecular flexibility index (Phi) is 4.77. The smallest absolute Gasteiger partial charge is 0.0681 e. The van der Waals surface area contributed by atoms with Gasteiger partial charge in [0.2, 0.25) is 0 Å². The van der Waals surface area contributed by atoms with Gasteiger partial charge in [-0.3, -0.25) is 0 Å². The van der Waals surface area contributed by atoms with Gasteiger partial charge < -0.3 is 15.1 Å². The van der Waals surface area contributed by atoms with Gasteiger partial charge in [0.15, 0.2) is 0 Å². The quantitative estimate of drug-likeness (QED) is 0.798. The van der Waals surface area contributed by atoms with Gasteiger partial charge in [-0.2, -0.15) is 0 Å². The monoisotopic (exact) mass is 223 g/mol. The van der Waals surface area contributed by atoms with Crippen molar-refractivity contribution in [3.63, 3.8) is 0 Å². The van der Waals surface area contributed by atoms with Crippen molar-refractivity contribution in [2.45, 2.75) is 33.4 Å². The van der Waals surface area contributed by atoms with Gasteiger partial charge in [0, 0.05) is 18.3 Å². The molecular formula is C13H21NO2. The second-order valence-corrected chi connectivity index (χ2v) is 4.29. The lowest BCUT2D eigenvalue weighted by Crippen LogP contribution is -2.33. The Morgan fingerprint density at radius 3 is 2.38 bits per heavy atom. The molecule has 0 fully saturated rings. The highest BCUT2D eigenvalue weighted by atomic mass is 16.3. The highest BCUT2D eigenvalue weighted by Gasteiger charge is 2.12. The van der Waals surface area contributed by atoms with E-state index in [2.05, 4.69) is 18.7 Å². The number of rotatable bonds is 5. The van der Waals surface area contributed by atoms with E-state index in [-0.39, 0.29) is 13.2 Å². The van der Waals surface area contributed by atoms with Gasteiger partial charge in [0.05, 0.1) is 13.2 Å². The lowest BCUT2D eigenvalue weighted by atomic mass is 10.1. The first kappa shape index (κ1) is 13.0. The Labute approximate surface area is 97.3 Å². The largest absolute Gasteiger partial charge is 0.395 e. The summed E-state index contributed by atoms with van der Waals surface area (Å²) in [6.45, 7) is 7.10. The highest BCUT2D eigenvalue weighted by molar-refractivity contribution is 5.55. The minimum absolute atomic E-state index is 0.0722. The fourth-order valence-electron chi connectivity index (χ4n) is 1.90. The normalized spacial score (nSPS) is 10.9. The van der Waals surface area contributed by atoms with Crippen LogP contribution in [0.25, 0.3) is 0 Å². The summed E-state index contributed by atoms with van der Waals surface area (Å²) in [7, 11) is 0. The van der Waals surface area contributed by atoms with Gasteiger partial charge in [0.1, 0.15) is 0 Å². The van der Waals surface area contributed by atoms with E-state index in [0.717, 1.165) is 16.8 Å². The molecule has 0 saturated heterocycles.